The highest BCUT2D eigenvalue weighted by molar-refractivity contribution is 7.14. The van der Waals surface area contributed by atoms with Crippen LogP contribution in [-0.2, 0) is 11.3 Å². The number of hydrogen-bond donors (Lipinski definition) is 0. The average Bonchev–Trinajstić information content (AvgIpc) is 3.10. The van der Waals surface area contributed by atoms with Crippen molar-refractivity contribution in [2.24, 2.45) is 0 Å². The molecule has 0 saturated heterocycles. The summed E-state index contributed by atoms with van der Waals surface area (Å²) in [6.45, 7) is 0.406. The number of carbonyl (C=O) groups excluding carboxylic acids is 1. The van der Waals surface area contributed by atoms with E-state index in [1.165, 1.54) is 23.5 Å². The number of alkyl halides is 1. The molecule has 0 radical (unpaired) electrons. The molecule has 3 aromatic rings. The van der Waals surface area contributed by atoms with Crippen molar-refractivity contribution in [2.75, 3.05) is 10.8 Å². The van der Waals surface area contributed by atoms with Crippen LogP contribution in [0.25, 0.3) is 11.3 Å². The highest BCUT2D eigenvalue weighted by atomic mass is 35.5. The molecule has 6 heteroatoms. The number of anilines is 1. The average molecular weight is 361 g/mol. The third kappa shape index (κ3) is 3.80. The summed E-state index contributed by atoms with van der Waals surface area (Å²) in [7, 11) is 0. The molecule has 0 unspecified atom stereocenters. The van der Waals surface area contributed by atoms with Gasteiger partial charge in [-0.2, -0.15) is 0 Å². The second-order valence-corrected chi connectivity index (χ2v) is 6.23. The molecule has 0 saturated carbocycles. The van der Waals surface area contributed by atoms with E-state index in [4.69, 9.17) is 11.6 Å². The standard InChI is InChI=1S/C18H14ClFN2OS/c19-10-17(23)22(11-13-4-2-1-3-5-13)18-21-16(12-24-18)14-6-8-15(20)9-7-14/h1-9,12H,10-11H2. The Bertz CT molecular complexity index is 821. The number of aromatic nitrogens is 1. The minimum absolute atomic E-state index is 0.113. The zero-order valence-corrected chi connectivity index (χ0v) is 14.2. The van der Waals surface area contributed by atoms with E-state index < -0.39 is 0 Å². The molecule has 1 amide bonds. The summed E-state index contributed by atoms with van der Waals surface area (Å²) < 4.78 is 13.0. The van der Waals surface area contributed by atoms with Gasteiger partial charge < -0.3 is 0 Å². The maximum atomic E-state index is 13.0. The summed E-state index contributed by atoms with van der Waals surface area (Å²) in [5.74, 6) is -0.615. The Morgan fingerprint density at radius 3 is 2.50 bits per heavy atom. The van der Waals surface area contributed by atoms with Crippen LogP contribution in [0.5, 0.6) is 0 Å². The Morgan fingerprint density at radius 2 is 1.83 bits per heavy atom. The highest BCUT2D eigenvalue weighted by Crippen LogP contribution is 2.28. The van der Waals surface area contributed by atoms with Gasteiger partial charge in [-0.1, -0.05) is 30.3 Å². The maximum Gasteiger partial charge on any atom is 0.244 e. The van der Waals surface area contributed by atoms with Crippen LogP contribution in [0.1, 0.15) is 5.56 Å². The first-order valence-corrected chi connectivity index (χ1v) is 8.70. The van der Waals surface area contributed by atoms with Crippen LogP contribution in [0.15, 0.2) is 60.0 Å². The van der Waals surface area contributed by atoms with Crippen molar-refractivity contribution in [3.63, 3.8) is 0 Å². The van der Waals surface area contributed by atoms with E-state index in [0.717, 1.165) is 11.1 Å². The number of benzene rings is 2. The number of thiazole rings is 1. The minimum atomic E-state index is -0.294. The van der Waals surface area contributed by atoms with Gasteiger partial charge in [-0.25, -0.2) is 9.37 Å². The summed E-state index contributed by atoms with van der Waals surface area (Å²) in [6, 6.07) is 15.8. The molecule has 3 rings (SSSR count). The molecule has 122 valence electrons. The third-order valence-electron chi connectivity index (χ3n) is 3.46. The van der Waals surface area contributed by atoms with Crippen LogP contribution < -0.4 is 4.90 Å². The second kappa shape index (κ2) is 7.55. The highest BCUT2D eigenvalue weighted by Gasteiger charge is 2.19. The second-order valence-electron chi connectivity index (χ2n) is 5.12. The normalized spacial score (nSPS) is 10.6. The van der Waals surface area contributed by atoms with Crippen molar-refractivity contribution in [3.05, 3.63) is 71.4 Å². The summed E-state index contributed by atoms with van der Waals surface area (Å²) in [5, 5.41) is 2.42. The van der Waals surface area contributed by atoms with Gasteiger partial charge in [-0.3, -0.25) is 9.69 Å². The zero-order chi connectivity index (χ0) is 16.9. The zero-order valence-electron chi connectivity index (χ0n) is 12.7. The molecule has 0 spiro atoms. The van der Waals surface area contributed by atoms with Gasteiger partial charge in [0, 0.05) is 10.9 Å². The molecular weight excluding hydrogens is 347 g/mol. The smallest absolute Gasteiger partial charge is 0.244 e. The monoisotopic (exact) mass is 360 g/mol. The van der Waals surface area contributed by atoms with E-state index in [1.54, 1.807) is 17.0 Å². The number of nitrogens with zero attached hydrogens (tertiary/aromatic N) is 2. The lowest BCUT2D eigenvalue weighted by Crippen LogP contribution is -2.31. The largest absolute Gasteiger partial charge is 0.283 e. The van der Waals surface area contributed by atoms with Gasteiger partial charge in [0.15, 0.2) is 5.13 Å². The van der Waals surface area contributed by atoms with Gasteiger partial charge in [0.1, 0.15) is 11.7 Å². The van der Waals surface area contributed by atoms with Crippen LogP contribution >= 0.6 is 22.9 Å². The molecule has 2 aromatic carbocycles. The Morgan fingerprint density at radius 1 is 1.12 bits per heavy atom. The Labute approximate surface area is 148 Å². The van der Waals surface area contributed by atoms with Crippen molar-refractivity contribution in [1.29, 1.82) is 0 Å². The van der Waals surface area contributed by atoms with Gasteiger partial charge in [-0.05, 0) is 29.8 Å². The lowest BCUT2D eigenvalue weighted by atomic mass is 10.2. The predicted molar refractivity (Wildman–Crippen MR) is 95.9 cm³/mol. The molecular formula is C18H14ClFN2OS. The topological polar surface area (TPSA) is 33.2 Å². The van der Waals surface area contributed by atoms with E-state index in [9.17, 15) is 9.18 Å². The van der Waals surface area contributed by atoms with E-state index in [0.29, 0.717) is 17.4 Å². The van der Waals surface area contributed by atoms with Crippen LogP contribution in [-0.4, -0.2) is 16.8 Å². The summed E-state index contributed by atoms with van der Waals surface area (Å²) in [5.41, 5.74) is 2.50. The first-order valence-electron chi connectivity index (χ1n) is 7.29. The number of carbonyl (C=O) groups is 1. The molecule has 0 aliphatic heterocycles. The molecule has 0 aliphatic rings. The first-order chi connectivity index (χ1) is 11.7. The predicted octanol–water partition coefficient (Wildman–Crippen LogP) is 4.72. The van der Waals surface area contributed by atoms with Gasteiger partial charge in [0.25, 0.3) is 0 Å². The van der Waals surface area contributed by atoms with E-state index in [1.807, 2.05) is 35.7 Å². The number of halogens is 2. The molecule has 0 atom stereocenters. The van der Waals surface area contributed by atoms with Crippen LogP contribution in [0.3, 0.4) is 0 Å². The van der Waals surface area contributed by atoms with Gasteiger partial charge in [-0.15, -0.1) is 22.9 Å². The van der Waals surface area contributed by atoms with Crippen LogP contribution in [0.2, 0.25) is 0 Å². The fourth-order valence-electron chi connectivity index (χ4n) is 2.24. The van der Waals surface area contributed by atoms with Crippen molar-refractivity contribution in [3.8, 4) is 11.3 Å². The molecule has 0 fully saturated rings. The molecule has 0 bridgehead atoms. The lowest BCUT2D eigenvalue weighted by Gasteiger charge is -2.18. The summed E-state index contributed by atoms with van der Waals surface area (Å²) in [4.78, 5) is 18.3. The Kier molecular flexibility index (Phi) is 5.23. The van der Waals surface area contributed by atoms with Gasteiger partial charge >= 0.3 is 0 Å². The van der Waals surface area contributed by atoms with E-state index in [-0.39, 0.29) is 17.6 Å². The van der Waals surface area contributed by atoms with E-state index in [2.05, 4.69) is 4.98 Å². The van der Waals surface area contributed by atoms with Gasteiger partial charge in [0.05, 0.1) is 12.2 Å². The van der Waals surface area contributed by atoms with E-state index >= 15 is 0 Å². The van der Waals surface area contributed by atoms with Crippen molar-refractivity contribution < 1.29 is 9.18 Å². The number of amides is 1. The van der Waals surface area contributed by atoms with Crippen LogP contribution in [0, 0.1) is 5.82 Å². The van der Waals surface area contributed by atoms with Crippen LogP contribution in [0.4, 0.5) is 9.52 Å². The first kappa shape index (κ1) is 16.6. The summed E-state index contributed by atoms with van der Waals surface area (Å²) >= 11 is 7.11. The molecule has 0 aliphatic carbocycles. The Hall–Kier alpha value is -2.24. The summed E-state index contributed by atoms with van der Waals surface area (Å²) in [6.07, 6.45) is 0. The number of hydrogen-bond acceptors (Lipinski definition) is 3. The fraction of sp³-hybridized carbons (Fsp3) is 0.111. The quantitative estimate of drug-likeness (QED) is 0.617. The fourth-order valence-corrected chi connectivity index (χ4v) is 3.24. The minimum Gasteiger partial charge on any atom is -0.283 e. The molecule has 3 nitrogen and oxygen atoms in total. The molecule has 1 aromatic heterocycles. The number of rotatable bonds is 5. The van der Waals surface area contributed by atoms with Crippen molar-refractivity contribution in [1.82, 2.24) is 4.98 Å². The molecule has 1 heterocycles. The SMILES string of the molecule is O=C(CCl)N(Cc1ccccc1)c1nc(-c2ccc(F)cc2)cs1. The lowest BCUT2D eigenvalue weighted by molar-refractivity contribution is -0.116. The third-order valence-corrected chi connectivity index (χ3v) is 4.55. The molecule has 0 N–H and O–H groups in total. The van der Waals surface area contributed by atoms with Gasteiger partial charge in [0.2, 0.25) is 5.91 Å². The van der Waals surface area contributed by atoms with Crippen molar-refractivity contribution in [2.45, 2.75) is 6.54 Å². The molecule has 24 heavy (non-hydrogen) atoms. The maximum absolute atomic E-state index is 13.0. The Balaban J connectivity index is 1.88. The van der Waals surface area contributed by atoms with Crippen molar-refractivity contribution >= 4 is 34.0 Å².